The van der Waals surface area contributed by atoms with Crippen LogP contribution in [0, 0.1) is 5.92 Å². The molecule has 144 valence electrons. The van der Waals surface area contributed by atoms with E-state index in [1.165, 1.54) is 12.5 Å². The van der Waals surface area contributed by atoms with Gasteiger partial charge in [0.25, 0.3) is 11.8 Å². The first-order valence-corrected chi connectivity index (χ1v) is 9.59. The predicted molar refractivity (Wildman–Crippen MR) is 95.2 cm³/mol. The van der Waals surface area contributed by atoms with Gasteiger partial charge in [0.05, 0.1) is 6.04 Å². The molecule has 0 saturated carbocycles. The van der Waals surface area contributed by atoms with E-state index in [1.807, 2.05) is 18.7 Å². The second-order valence-electron chi connectivity index (χ2n) is 7.14. The number of hydrogen-bond acceptors (Lipinski definition) is 6. The third-order valence-electron chi connectivity index (χ3n) is 5.48. The molecule has 0 unspecified atom stereocenters. The molecular weight excluding hydrogens is 348 g/mol. The Labute approximate surface area is 157 Å². The van der Waals surface area contributed by atoms with E-state index in [1.54, 1.807) is 4.90 Å². The van der Waals surface area contributed by atoms with E-state index in [0.717, 1.165) is 12.8 Å². The van der Waals surface area contributed by atoms with E-state index < -0.39 is 0 Å². The smallest absolute Gasteiger partial charge is 0.276 e. The van der Waals surface area contributed by atoms with Crippen molar-refractivity contribution in [2.75, 3.05) is 19.6 Å². The Kier molecular flexibility index (Phi) is 4.72. The van der Waals surface area contributed by atoms with Crippen LogP contribution in [0.15, 0.2) is 21.4 Å². The number of aromatic nitrogens is 2. The molecule has 8 nitrogen and oxygen atoms in total. The van der Waals surface area contributed by atoms with Crippen molar-refractivity contribution in [1.82, 2.24) is 19.8 Å². The van der Waals surface area contributed by atoms with Crippen LogP contribution in [0.5, 0.6) is 0 Å². The van der Waals surface area contributed by atoms with Gasteiger partial charge in [-0.05, 0) is 18.8 Å². The summed E-state index contributed by atoms with van der Waals surface area (Å²) in [6, 6.07) is 0.00882. The van der Waals surface area contributed by atoms with Crippen LogP contribution in [0.2, 0.25) is 0 Å². The summed E-state index contributed by atoms with van der Waals surface area (Å²) < 4.78 is 10.6. The minimum atomic E-state index is -0.130. The number of aryl methyl sites for hydroxylation is 2. The van der Waals surface area contributed by atoms with Crippen molar-refractivity contribution in [1.29, 1.82) is 0 Å². The summed E-state index contributed by atoms with van der Waals surface area (Å²) in [6.07, 6.45) is 6.10. The van der Waals surface area contributed by atoms with E-state index in [0.29, 0.717) is 55.6 Å². The number of nitrogens with zero attached hydrogens (tertiary/aromatic N) is 4. The summed E-state index contributed by atoms with van der Waals surface area (Å²) in [5.74, 6) is 1.16. The Hall–Kier alpha value is -2.64. The van der Waals surface area contributed by atoms with Gasteiger partial charge in [-0.2, -0.15) is 0 Å². The highest BCUT2D eigenvalue weighted by Crippen LogP contribution is 2.32. The lowest BCUT2D eigenvalue weighted by atomic mass is 9.92. The zero-order valence-corrected chi connectivity index (χ0v) is 15.7. The molecule has 4 rings (SSSR count). The molecule has 2 aliphatic heterocycles. The molecular formula is C19H24N4O4. The fourth-order valence-electron chi connectivity index (χ4n) is 4.05. The van der Waals surface area contributed by atoms with Gasteiger partial charge in [0.2, 0.25) is 0 Å². The van der Waals surface area contributed by atoms with Gasteiger partial charge in [-0.15, -0.1) is 0 Å². The molecule has 2 fully saturated rings. The van der Waals surface area contributed by atoms with Crippen LogP contribution in [0.25, 0.3) is 0 Å². The number of oxazole rings is 2. The normalized spacial score (nSPS) is 22.1. The Morgan fingerprint density at radius 3 is 2.26 bits per heavy atom. The first-order valence-electron chi connectivity index (χ1n) is 9.59. The zero-order valence-electron chi connectivity index (χ0n) is 15.7. The summed E-state index contributed by atoms with van der Waals surface area (Å²) in [5, 5.41) is 0. The highest BCUT2D eigenvalue weighted by molar-refractivity contribution is 5.93. The lowest BCUT2D eigenvalue weighted by Gasteiger charge is -2.36. The first kappa shape index (κ1) is 17.8. The van der Waals surface area contributed by atoms with Gasteiger partial charge in [0.15, 0.2) is 23.2 Å². The molecule has 0 bridgehead atoms. The number of amides is 2. The van der Waals surface area contributed by atoms with E-state index >= 15 is 0 Å². The molecule has 2 aromatic heterocycles. The Bertz CT molecular complexity index is 842. The molecule has 27 heavy (non-hydrogen) atoms. The fraction of sp³-hybridized carbons (Fsp3) is 0.579. The predicted octanol–water partition coefficient (Wildman–Crippen LogP) is 2.16. The molecule has 2 atom stereocenters. The van der Waals surface area contributed by atoms with Gasteiger partial charge in [0.1, 0.15) is 12.5 Å². The standard InChI is InChI=1S/C19H24N4O4/c1-3-16-20-13(10-26-16)18(24)22-8-12-6-5-7-23(15(12)9-22)19(25)14-11-27-17(4-2)21-14/h10-12,15H,3-9H2,1-2H3/t12-,15+/m0/s1. The monoisotopic (exact) mass is 372 g/mol. The second-order valence-corrected chi connectivity index (χ2v) is 7.14. The summed E-state index contributed by atoms with van der Waals surface area (Å²) in [7, 11) is 0. The molecule has 0 N–H and O–H groups in total. The van der Waals surface area contributed by atoms with Crippen molar-refractivity contribution >= 4 is 11.8 Å². The number of likely N-dealkylation sites (tertiary alicyclic amines) is 2. The van der Waals surface area contributed by atoms with Crippen LogP contribution in [-0.2, 0) is 12.8 Å². The van der Waals surface area contributed by atoms with Gasteiger partial charge < -0.3 is 18.6 Å². The average molecular weight is 372 g/mol. The van der Waals surface area contributed by atoms with Crippen LogP contribution in [0.3, 0.4) is 0 Å². The molecule has 2 saturated heterocycles. The molecule has 4 heterocycles. The van der Waals surface area contributed by atoms with Crippen LogP contribution >= 0.6 is 0 Å². The van der Waals surface area contributed by atoms with Crippen LogP contribution in [0.4, 0.5) is 0 Å². The van der Waals surface area contributed by atoms with E-state index in [-0.39, 0.29) is 23.8 Å². The zero-order chi connectivity index (χ0) is 19.0. The maximum atomic E-state index is 12.9. The van der Waals surface area contributed by atoms with Gasteiger partial charge >= 0.3 is 0 Å². The highest BCUT2D eigenvalue weighted by atomic mass is 16.3. The molecule has 0 spiro atoms. The minimum absolute atomic E-state index is 0.00882. The molecule has 2 aromatic rings. The van der Waals surface area contributed by atoms with Crippen molar-refractivity contribution in [3.63, 3.8) is 0 Å². The van der Waals surface area contributed by atoms with Crippen LogP contribution in [-0.4, -0.2) is 57.3 Å². The summed E-state index contributed by atoms with van der Waals surface area (Å²) in [5.41, 5.74) is 0.689. The number of piperidine rings is 1. The van der Waals surface area contributed by atoms with Crippen molar-refractivity contribution in [3.8, 4) is 0 Å². The Morgan fingerprint density at radius 1 is 1.04 bits per heavy atom. The summed E-state index contributed by atoms with van der Waals surface area (Å²) >= 11 is 0. The number of fused-ring (bicyclic) bond motifs is 1. The molecule has 0 aliphatic carbocycles. The van der Waals surface area contributed by atoms with E-state index in [4.69, 9.17) is 8.83 Å². The van der Waals surface area contributed by atoms with Gasteiger partial charge in [-0.1, -0.05) is 13.8 Å². The molecule has 0 radical (unpaired) electrons. The van der Waals surface area contributed by atoms with Gasteiger partial charge in [-0.25, -0.2) is 9.97 Å². The minimum Gasteiger partial charge on any atom is -0.448 e. The third kappa shape index (κ3) is 3.24. The Morgan fingerprint density at radius 2 is 1.67 bits per heavy atom. The molecule has 8 heteroatoms. The summed E-state index contributed by atoms with van der Waals surface area (Å²) in [6.45, 7) is 5.70. The van der Waals surface area contributed by atoms with Gasteiger partial charge in [-0.3, -0.25) is 9.59 Å². The topological polar surface area (TPSA) is 92.7 Å². The van der Waals surface area contributed by atoms with E-state index in [2.05, 4.69) is 9.97 Å². The SMILES string of the molecule is CCc1nc(C(=O)N2C[C@@H]3CCCN(C(=O)c4coc(CC)n4)[C@@H]3C2)co1. The second kappa shape index (κ2) is 7.17. The average Bonchev–Trinajstić information content (AvgIpc) is 3.44. The first-order chi connectivity index (χ1) is 13.1. The van der Waals surface area contributed by atoms with Crippen molar-refractivity contribution in [2.24, 2.45) is 5.92 Å². The van der Waals surface area contributed by atoms with Crippen LogP contribution in [0.1, 0.15) is 59.4 Å². The quantitative estimate of drug-likeness (QED) is 0.817. The van der Waals surface area contributed by atoms with Crippen molar-refractivity contribution in [3.05, 3.63) is 35.7 Å². The molecule has 2 amide bonds. The largest absolute Gasteiger partial charge is 0.448 e. The molecule has 2 aliphatic rings. The van der Waals surface area contributed by atoms with E-state index in [9.17, 15) is 9.59 Å². The maximum Gasteiger partial charge on any atom is 0.276 e. The van der Waals surface area contributed by atoms with Gasteiger partial charge in [0, 0.05) is 32.5 Å². The molecule has 0 aromatic carbocycles. The lowest BCUT2D eigenvalue weighted by molar-refractivity contribution is 0.0558. The third-order valence-corrected chi connectivity index (χ3v) is 5.48. The van der Waals surface area contributed by atoms with Crippen molar-refractivity contribution in [2.45, 2.75) is 45.6 Å². The lowest BCUT2D eigenvalue weighted by Crippen LogP contribution is -2.48. The summed E-state index contributed by atoms with van der Waals surface area (Å²) in [4.78, 5) is 37.9. The number of hydrogen-bond donors (Lipinski definition) is 0. The number of carbonyl (C=O) groups excluding carboxylic acids is 2. The van der Waals surface area contributed by atoms with Crippen molar-refractivity contribution < 1.29 is 18.4 Å². The fourth-order valence-corrected chi connectivity index (χ4v) is 4.05. The number of rotatable bonds is 4. The van der Waals surface area contributed by atoms with Crippen LogP contribution < -0.4 is 0 Å². The number of carbonyl (C=O) groups is 2. The Balaban J connectivity index is 1.49. The maximum absolute atomic E-state index is 12.9. The highest BCUT2D eigenvalue weighted by Gasteiger charge is 2.43.